The minimum Gasteiger partial charge on any atom is -0.299 e. The van der Waals surface area contributed by atoms with Gasteiger partial charge >= 0.3 is 5.69 Å². The second-order valence-electron chi connectivity index (χ2n) is 9.25. The average Bonchev–Trinajstić information content (AvgIpc) is 3.51. The molecule has 3 aromatic heterocycles. The lowest BCUT2D eigenvalue weighted by atomic mass is 9.89. The van der Waals surface area contributed by atoms with Crippen LogP contribution >= 0.6 is 0 Å². The first-order valence-corrected chi connectivity index (χ1v) is 12.3. The Morgan fingerprint density at radius 2 is 1.88 bits per heavy atom. The summed E-state index contributed by atoms with van der Waals surface area (Å²) in [5.74, 6) is 1.15. The molecule has 0 bridgehead atoms. The van der Waals surface area contributed by atoms with Crippen LogP contribution in [0.1, 0.15) is 56.7 Å². The molecule has 1 fully saturated rings. The topological polar surface area (TPSA) is 94.3 Å². The van der Waals surface area contributed by atoms with E-state index in [1.807, 2.05) is 15.2 Å². The van der Waals surface area contributed by atoms with E-state index in [1.54, 1.807) is 12.4 Å². The van der Waals surface area contributed by atoms with Gasteiger partial charge in [-0.1, -0.05) is 56.9 Å². The van der Waals surface area contributed by atoms with Gasteiger partial charge in [-0.25, -0.2) is 4.79 Å². The zero-order chi connectivity index (χ0) is 23.3. The van der Waals surface area contributed by atoms with Crippen LogP contribution in [0.4, 0.5) is 0 Å². The first-order valence-electron chi connectivity index (χ1n) is 12.3. The predicted molar refractivity (Wildman–Crippen MR) is 131 cm³/mol. The molecule has 0 amide bonds. The average molecular weight is 458 g/mol. The summed E-state index contributed by atoms with van der Waals surface area (Å²) in [7, 11) is 0. The van der Waals surface area contributed by atoms with Gasteiger partial charge in [0, 0.05) is 36.4 Å². The molecule has 1 aromatic carbocycles. The van der Waals surface area contributed by atoms with Crippen LogP contribution in [0.25, 0.3) is 22.5 Å². The molecule has 176 valence electrons. The van der Waals surface area contributed by atoms with E-state index < -0.39 is 0 Å². The van der Waals surface area contributed by atoms with Crippen LogP contribution in [0, 0.1) is 5.92 Å². The molecule has 1 aliphatic rings. The van der Waals surface area contributed by atoms with Gasteiger partial charge in [0.15, 0.2) is 0 Å². The van der Waals surface area contributed by atoms with Gasteiger partial charge in [-0.15, -0.1) is 10.2 Å². The Kier molecular flexibility index (Phi) is 6.65. The highest BCUT2D eigenvalue weighted by Gasteiger charge is 2.18. The summed E-state index contributed by atoms with van der Waals surface area (Å²) < 4.78 is 3.92. The number of nitrogens with one attached hydrogen (secondary N) is 1. The van der Waals surface area contributed by atoms with Crippen molar-refractivity contribution >= 4 is 0 Å². The summed E-state index contributed by atoms with van der Waals surface area (Å²) in [6, 6.07) is 10.3. The number of benzene rings is 1. The van der Waals surface area contributed by atoms with E-state index in [9.17, 15) is 4.79 Å². The Balaban J connectivity index is 1.39. The molecular weight excluding hydrogens is 426 g/mol. The lowest BCUT2D eigenvalue weighted by Crippen LogP contribution is -2.28. The van der Waals surface area contributed by atoms with Gasteiger partial charge in [0.2, 0.25) is 5.82 Å². The molecule has 8 heteroatoms. The minimum absolute atomic E-state index is 0.117. The Labute approximate surface area is 199 Å². The van der Waals surface area contributed by atoms with Crippen molar-refractivity contribution in [2.45, 2.75) is 65.0 Å². The van der Waals surface area contributed by atoms with Crippen molar-refractivity contribution in [3.05, 3.63) is 70.7 Å². The number of aromatic amines is 1. The van der Waals surface area contributed by atoms with Gasteiger partial charge in [-0.05, 0) is 53.2 Å². The fourth-order valence-electron chi connectivity index (χ4n) is 5.06. The van der Waals surface area contributed by atoms with Gasteiger partial charge in [0.25, 0.3) is 0 Å². The van der Waals surface area contributed by atoms with Crippen LogP contribution < -0.4 is 5.69 Å². The molecule has 8 nitrogen and oxygen atoms in total. The zero-order valence-electron chi connectivity index (χ0n) is 19.7. The third kappa shape index (κ3) is 4.71. The lowest BCUT2D eigenvalue weighted by Gasteiger charge is -2.21. The summed E-state index contributed by atoms with van der Waals surface area (Å²) in [6.45, 7) is 3.60. The molecular formula is C26H31N7O. The van der Waals surface area contributed by atoms with Crippen molar-refractivity contribution in [3.63, 3.8) is 0 Å². The van der Waals surface area contributed by atoms with E-state index in [0.29, 0.717) is 18.3 Å². The van der Waals surface area contributed by atoms with E-state index >= 15 is 0 Å². The molecule has 5 rings (SSSR count). The van der Waals surface area contributed by atoms with Gasteiger partial charge in [0.1, 0.15) is 0 Å². The molecule has 1 saturated carbocycles. The van der Waals surface area contributed by atoms with Gasteiger partial charge in [-0.2, -0.15) is 5.21 Å². The van der Waals surface area contributed by atoms with Gasteiger partial charge in [-0.3, -0.25) is 14.1 Å². The summed E-state index contributed by atoms with van der Waals surface area (Å²) >= 11 is 0. The Bertz CT molecular complexity index is 1270. The molecule has 0 spiro atoms. The smallest absolute Gasteiger partial charge is 0.299 e. The second kappa shape index (κ2) is 10.2. The van der Waals surface area contributed by atoms with Crippen molar-refractivity contribution < 1.29 is 0 Å². The normalized spacial score (nSPS) is 14.5. The number of tetrazole rings is 1. The van der Waals surface area contributed by atoms with E-state index in [4.69, 9.17) is 0 Å². The first-order chi connectivity index (χ1) is 16.7. The van der Waals surface area contributed by atoms with Crippen molar-refractivity contribution in [2.24, 2.45) is 5.92 Å². The lowest BCUT2D eigenvalue weighted by molar-refractivity contribution is 0.315. The third-order valence-electron chi connectivity index (χ3n) is 6.83. The summed E-state index contributed by atoms with van der Waals surface area (Å²) in [6.07, 6.45) is 13.9. The van der Waals surface area contributed by atoms with E-state index in [1.165, 1.54) is 32.1 Å². The maximum absolute atomic E-state index is 13.3. The second-order valence-corrected chi connectivity index (χ2v) is 9.25. The first kappa shape index (κ1) is 22.3. The maximum Gasteiger partial charge on any atom is 0.328 e. The minimum atomic E-state index is 0.117. The van der Waals surface area contributed by atoms with Crippen LogP contribution in [0.3, 0.4) is 0 Å². The fraction of sp³-hybridized carbons (Fsp3) is 0.423. The molecule has 0 atom stereocenters. The standard InChI is InChI=1S/C26H31N7O/c1-2-6-22-18-32(16-19-7-4-3-5-8-19)26(34)33(22)17-20-9-11-21(12-10-20)23-13-14-27-15-24(23)25-28-30-31-29-25/h9-15,18-19H,2-8,16-17H2,1H3,(H,28,29,30,31). The number of H-pyrrole nitrogens is 1. The number of aromatic nitrogens is 7. The van der Waals surface area contributed by atoms with E-state index in [0.717, 1.165) is 47.3 Å². The molecule has 34 heavy (non-hydrogen) atoms. The van der Waals surface area contributed by atoms with Crippen molar-refractivity contribution in [2.75, 3.05) is 0 Å². The number of pyridine rings is 1. The number of hydrogen-bond donors (Lipinski definition) is 1. The Hall–Kier alpha value is -3.55. The Morgan fingerprint density at radius 1 is 1.06 bits per heavy atom. The molecule has 1 N–H and O–H groups in total. The van der Waals surface area contributed by atoms with Crippen molar-refractivity contribution in [3.8, 4) is 22.5 Å². The fourth-order valence-corrected chi connectivity index (χ4v) is 5.06. The van der Waals surface area contributed by atoms with Crippen LogP contribution in [-0.4, -0.2) is 34.7 Å². The van der Waals surface area contributed by atoms with E-state index in [2.05, 4.69) is 63.0 Å². The predicted octanol–water partition coefficient (Wildman–Crippen LogP) is 4.47. The van der Waals surface area contributed by atoms with Crippen molar-refractivity contribution in [1.82, 2.24) is 34.7 Å². The molecule has 1 aliphatic carbocycles. The molecule has 3 heterocycles. The summed E-state index contributed by atoms with van der Waals surface area (Å²) in [5, 5.41) is 14.4. The van der Waals surface area contributed by atoms with Crippen LogP contribution in [-0.2, 0) is 19.5 Å². The SMILES string of the molecule is CCCc1cn(CC2CCCCC2)c(=O)n1Cc1ccc(-c2ccncc2-c2nn[nH]n2)cc1. The number of hydrogen-bond acceptors (Lipinski definition) is 5. The Morgan fingerprint density at radius 3 is 2.62 bits per heavy atom. The van der Waals surface area contributed by atoms with Gasteiger partial charge in [0.05, 0.1) is 6.54 Å². The maximum atomic E-state index is 13.3. The number of nitrogens with zero attached hydrogens (tertiary/aromatic N) is 6. The monoisotopic (exact) mass is 457 g/mol. The quantitative estimate of drug-likeness (QED) is 0.421. The number of rotatable bonds is 8. The third-order valence-corrected chi connectivity index (χ3v) is 6.83. The number of imidazole rings is 1. The molecule has 0 unspecified atom stereocenters. The summed E-state index contributed by atoms with van der Waals surface area (Å²) in [4.78, 5) is 17.5. The molecule has 4 aromatic rings. The highest BCUT2D eigenvalue weighted by Crippen LogP contribution is 2.29. The molecule has 0 radical (unpaired) electrons. The highest BCUT2D eigenvalue weighted by molar-refractivity contribution is 5.79. The molecule has 0 aliphatic heterocycles. The van der Waals surface area contributed by atoms with Crippen LogP contribution in [0.2, 0.25) is 0 Å². The number of aryl methyl sites for hydroxylation is 1. The zero-order valence-corrected chi connectivity index (χ0v) is 19.7. The largest absolute Gasteiger partial charge is 0.328 e. The van der Waals surface area contributed by atoms with Gasteiger partial charge < -0.3 is 0 Å². The van der Waals surface area contributed by atoms with E-state index in [-0.39, 0.29) is 5.69 Å². The highest BCUT2D eigenvalue weighted by atomic mass is 16.1. The van der Waals surface area contributed by atoms with Crippen LogP contribution in [0.5, 0.6) is 0 Å². The van der Waals surface area contributed by atoms with Crippen molar-refractivity contribution in [1.29, 1.82) is 0 Å². The summed E-state index contributed by atoms with van der Waals surface area (Å²) in [5.41, 5.74) is 5.21. The molecule has 0 saturated heterocycles. The van der Waals surface area contributed by atoms with Crippen LogP contribution in [0.15, 0.2) is 53.7 Å².